The molecule has 2 aromatic heterocycles. The lowest BCUT2D eigenvalue weighted by atomic mass is 10.3. The molecule has 0 aliphatic rings. The minimum absolute atomic E-state index is 0.842. The smallest absolute Gasteiger partial charge is 0.190 e. The Balaban J connectivity index is 1.65. The van der Waals surface area contributed by atoms with Crippen molar-refractivity contribution < 1.29 is 4.42 Å². The first-order valence-electron chi connectivity index (χ1n) is 5.48. The second kappa shape index (κ2) is 5.88. The van der Waals surface area contributed by atoms with Gasteiger partial charge in [0, 0.05) is 31.5 Å². The summed E-state index contributed by atoms with van der Waals surface area (Å²) in [6.07, 6.45) is 3.44. The van der Waals surface area contributed by atoms with Gasteiger partial charge in [0.1, 0.15) is 5.82 Å². The van der Waals surface area contributed by atoms with E-state index in [9.17, 15) is 0 Å². The molecule has 0 radical (unpaired) electrons. The second-order valence-electron chi connectivity index (χ2n) is 3.75. The molecule has 0 spiro atoms. The van der Waals surface area contributed by atoms with Crippen molar-refractivity contribution in [3.05, 3.63) is 30.0 Å². The molecule has 2 rings (SSSR count). The van der Waals surface area contributed by atoms with Crippen LogP contribution in [0.25, 0.3) is 0 Å². The van der Waals surface area contributed by atoms with E-state index >= 15 is 0 Å². The molecule has 0 fully saturated rings. The fourth-order valence-corrected chi connectivity index (χ4v) is 2.21. The third-order valence-electron chi connectivity index (χ3n) is 2.47. The number of thioether (sulfide) groups is 1. The summed E-state index contributed by atoms with van der Waals surface area (Å²) in [4.78, 5) is 0. The molecule has 0 aromatic carbocycles. The predicted octanol–water partition coefficient (Wildman–Crippen LogP) is 1.60. The van der Waals surface area contributed by atoms with Crippen LogP contribution in [0.15, 0.2) is 28.2 Å². The molecule has 0 aliphatic heterocycles. The number of rotatable bonds is 6. The van der Waals surface area contributed by atoms with Crippen LogP contribution in [-0.4, -0.2) is 27.1 Å². The molecule has 5 nitrogen and oxygen atoms in total. The van der Waals surface area contributed by atoms with E-state index in [1.54, 1.807) is 24.3 Å². The fourth-order valence-electron chi connectivity index (χ4n) is 1.35. The summed E-state index contributed by atoms with van der Waals surface area (Å²) in [6.45, 7) is 3.73. The van der Waals surface area contributed by atoms with Crippen molar-refractivity contribution in [1.29, 1.82) is 0 Å². The summed E-state index contributed by atoms with van der Waals surface area (Å²) in [5.74, 6) is 1.92. The van der Waals surface area contributed by atoms with Crippen molar-refractivity contribution >= 4 is 11.8 Å². The summed E-state index contributed by atoms with van der Waals surface area (Å²) < 4.78 is 6.99. The lowest BCUT2D eigenvalue weighted by Gasteiger charge is -2.03. The van der Waals surface area contributed by atoms with Gasteiger partial charge in [-0.1, -0.05) is 11.8 Å². The Kier molecular flexibility index (Phi) is 4.22. The van der Waals surface area contributed by atoms with Crippen LogP contribution >= 0.6 is 11.8 Å². The van der Waals surface area contributed by atoms with Crippen molar-refractivity contribution in [2.45, 2.75) is 18.6 Å². The molecule has 0 bridgehead atoms. The van der Waals surface area contributed by atoms with Gasteiger partial charge >= 0.3 is 0 Å². The second-order valence-corrected chi connectivity index (χ2v) is 4.81. The predicted molar refractivity (Wildman–Crippen MR) is 66.9 cm³/mol. The zero-order chi connectivity index (χ0) is 12.1. The molecule has 92 valence electrons. The van der Waals surface area contributed by atoms with Crippen molar-refractivity contribution in [1.82, 2.24) is 20.1 Å². The van der Waals surface area contributed by atoms with Crippen LogP contribution in [0.1, 0.15) is 11.4 Å². The number of aryl methyl sites for hydroxylation is 1. The zero-order valence-corrected chi connectivity index (χ0v) is 10.8. The van der Waals surface area contributed by atoms with Gasteiger partial charge in [-0.05, 0) is 13.0 Å². The highest BCUT2D eigenvalue weighted by Crippen LogP contribution is 2.14. The number of aromatic nitrogens is 3. The normalized spacial score (nSPS) is 10.9. The zero-order valence-electron chi connectivity index (χ0n) is 10.0. The maximum absolute atomic E-state index is 4.99. The molecule has 2 heterocycles. The van der Waals surface area contributed by atoms with E-state index in [1.807, 2.05) is 24.6 Å². The molecule has 0 atom stereocenters. The van der Waals surface area contributed by atoms with Gasteiger partial charge in [-0.3, -0.25) is 0 Å². The van der Waals surface area contributed by atoms with E-state index in [4.69, 9.17) is 4.42 Å². The van der Waals surface area contributed by atoms with Crippen LogP contribution in [0.5, 0.6) is 0 Å². The molecule has 17 heavy (non-hydrogen) atoms. The monoisotopic (exact) mass is 252 g/mol. The first-order chi connectivity index (χ1) is 8.27. The number of hydrogen-bond acceptors (Lipinski definition) is 5. The molecular weight excluding hydrogens is 236 g/mol. The number of furan rings is 1. The SMILES string of the molecule is Cc1nnc(SCCNCc2ccoc2)n1C. The van der Waals surface area contributed by atoms with Crippen molar-refractivity contribution in [3.8, 4) is 0 Å². The summed E-state index contributed by atoms with van der Waals surface area (Å²) in [5.41, 5.74) is 1.17. The Labute approximate surface area is 105 Å². The quantitative estimate of drug-likeness (QED) is 0.625. The van der Waals surface area contributed by atoms with E-state index < -0.39 is 0 Å². The van der Waals surface area contributed by atoms with Gasteiger partial charge in [0.05, 0.1) is 12.5 Å². The van der Waals surface area contributed by atoms with E-state index in [0.29, 0.717) is 0 Å². The van der Waals surface area contributed by atoms with Gasteiger partial charge in [-0.15, -0.1) is 10.2 Å². The Hall–Kier alpha value is -1.27. The Morgan fingerprint density at radius 1 is 1.47 bits per heavy atom. The largest absolute Gasteiger partial charge is 0.472 e. The van der Waals surface area contributed by atoms with Crippen molar-refractivity contribution in [2.75, 3.05) is 12.3 Å². The average molecular weight is 252 g/mol. The lowest BCUT2D eigenvalue weighted by Crippen LogP contribution is -2.16. The maximum Gasteiger partial charge on any atom is 0.190 e. The van der Waals surface area contributed by atoms with E-state index in [1.165, 1.54) is 5.56 Å². The standard InChI is InChI=1S/C11H16N4OS/c1-9-13-14-11(15(9)2)17-6-4-12-7-10-3-5-16-8-10/h3,5,8,12H,4,6-7H2,1-2H3. The molecular formula is C11H16N4OS. The highest BCUT2D eigenvalue weighted by Gasteiger charge is 2.04. The summed E-state index contributed by atoms with van der Waals surface area (Å²) in [7, 11) is 1.98. The number of nitrogens with one attached hydrogen (secondary N) is 1. The minimum atomic E-state index is 0.842. The molecule has 6 heteroatoms. The minimum Gasteiger partial charge on any atom is -0.472 e. The van der Waals surface area contributed by atoms with Crippen LogP contribution in [-0.2, 0) is 13.6 Å². The topological polar surface area (TPSA) is 55.9 Å². The van der Waals surface area contributed by atoms with E-state index in [2.05, 4.69) is 15.5 Å². The third-order valence-corrected chi connectivity index (χ3v) is 3.49. The average Bonchev–Trinajstić information content (AvgIpc) is 2.93. The highest BCUT2D eigenvalue weighted by molar-refractivity contribution is 7.99. The van der Waals surface area contributed by atoms with Crippen molar-refractivity contribution in [3.63, 3.8) is 0 Å². The summed E-state index contributed by atoms with van der Waals surface area (Å²) in [5, 5.41) is 12.4. The molecule has 2 aromatic rings. The van der Waals surface area contributed by atoms with Crippen molar-refractivity contribution in [2.24, 2.45) is 7.05 Å². The van der Waals surface area contributed by atoms with Crippen LogP contribution in [0.4, 0.5) is 0 Å². The summed E-state index contributed by atoms with van der Waals surface area (Å²) >= 11 is 1.71. The van der Waals surface area contributed by atoms with E-state index in [0.717, 1.165) is 29.8 Å². The van der Waals surface area contributed by atoms with Crippen LogP contribution < -0.4 is 5.32 Å². The maximum atomic E-state index is 4.99. The van der Waals surface area contributed by atoms with Gasteiger partial charge < -0.3 is 14.3 Å². The number of nitrogens with zero attached hydrogens (tertiary/aromatic N) is 3. The summed E-state index contributed by atoms with van der Waals surface area (Å²) in [6, 6.07) is 1.96. The first kappa shape index (κ1) is 12.2. The van der Waals surface area contributed by atoms with Crippen LogP contribution in [0, 0.1) is 6.92 Å². The molecule has 1 N–H and O–H groups in total. The molecule has 0 aliphatic carbocycles. The molecule has 0 saturated heterocycles. The fraction of sp³-hybridized carbons (Fsp3) is 0.455. The van der Waals surface area contributed by atoms with Gasteiger partial charge in [-0.2, -0.15) is 0 Å². The van der Waals surface area contributed by atoms with E-state index in [-0.39, 0.29) is 0 Å². The van der Waals surface area contributed by atoms with Crippen LogP contribution in [0.2, 0.25) is 0 Å². The lowest BCUT2D eigenvalue weighted by molar-refractivity contribution is 0.561. The van der Waals surface area contributed by atoms with Gasteiger partial charge in [0.2, 0.25) is 0 Å². The van der Waals surface area contributed by atoms with Crippen LogP contribution in [0.3, 0.4) is 0 Å². The molecule has 0 saturated carbocycles. The Bertz CT molecular complexity index is 452. The highest BCUT2D eigenvalue weighted by atomic mass is 32.2. The first-order valence-corrected chi connectivity index (χ1v) is 6.46. The molecule has 0 unspecified atom stereocenters. The molecule has 0 amide bonds. The van der Waals surface area contributed by atoms with Gasteiger partial charge in [0.25, 0.3) is 0 Å². The Morgan fingerprint density at radius 2 is 2.35 bits per heavy atom. The number of hydrogen-bond donors (Lipinski definition) is 1. The third kappa shape index (κ3) is 3.34. The van der Waals surface area contributed by atoms with Gasteiger partial charge in [0.15, 0.2) is 5.16 Å². The Morgan fingerprint density at radius 3 is 3.00 bits per heavy atom. The van der Waals surface area contributed by atoms with Gasteiger partial charge in [-0.25, -0.2) is 0 Å².